The summed E-state index contributed by atoms with van der Waals surface area (Å²) in [6.07, 6.45) is 1.82. The Morgan fingerprint density at radius 1 is 1.00 bits per heavy atom. The average Bonchev–Trinajstić information content (AvgIpc) is 3.45. The SMILES string of the molecule is CN(C)c1ccc(-c2ccc3oc([C@H]4CCCN4C(=O)c4ccccc4)nc3c2)cc1. The van der Waals surface area contributed by atoms with Crippen molar-refractivity contribution in [3.05, 3.63) is 84.3 Å². The standard InChI is InChI=1S/C26H25N3O2/c1-28(2)21-13-10-18(11-14-21)20-12-15-24-22(17-20)27-25(31-24)23-9-6-16-29(23)26(30)19-7-4-3-5-8-19/h3-5,7-8,10-15,17,23H,6,9,16H2,1-2H3/t23-/m1/s1. The zero-order valence-electron chi connectivity index (χ0n) is 17.8. The van der Waals surface area contributed by atoms with Crippen molar-refractivity contribution in [3.8, 4) is 11.1 Å². The second kappa shape index (κ2) is 7.91. The van der Waals surface area contributed by atoms with Crippen molar-refractivity contribution in [1.82, 2.24) is 9.88 Å². The zero-order valence-corrected chi connectivity index (χ0v) is 17.8. The van der Waals surface area contributed by atoms with Crippen LogP contribution in [0.5, 0.6) is 0 Å². The molecule has 0 aliphatic carbocycles. The average molecular weight is 412 g/mol. The molecule has 4 aromatic rings. The second-order valence-electron chi connectivity index (χ2n) is 8.20. The Morgan fingerprint density at radius 3 is 2.48 bits per heavy atom. The van der Waals surface area contributed by atoms with Crippen molar-refractivity contribution in [2.24, 2.45) is 0 Å². The quantitative estimate of drug-likeness (QED) is 0.442. The molecule has 1 aliphatic heterocycles. The largest absolute Gasteiger partial charge is 0.438 e. The van der Waals surface area contributed by atoms with Gasteiger partial charge in [0.15, 0.2) is 5.58 Å². The van der Waals surface area contributed by atoms with E-state index in [-0.39, 0.29) is 11.9 Å². The van der Waals surface area contributed by atoms with Crippen molar-refractivity contribution in [3.63, 3.8) is 0 Å². The van der Waals surface area contributed by atoms with Crippen LogP contribution in [-0.4, -0.2) is 36.4 Å². The molecular weight excluding hydrogens is 386 g/mol. The van der Waals surface area contributed by atoms with Gasteiger partial charge >= 0.3 is 0 Å². The molecule has 1 amide bonds. The van der Waals surface area contributed by atoms with Crippen molar-refractivity contribution in [1.29, 1.82) is 0 Å². The van der Waals surface area contributed by atoms with Crippen LogP contribution in [-0.2, 0) is 0 Å². The highest BCUT2D eigenvalue weighted by Crippen LogP contribution is 2.35. The summed E-state index contributed by atoms with van der Waals surface area (Å²) in [4.78, 5) is 21.8. The van der Waals surface area contributed by atoms with E-state index in [1.165, 1.54) is 0 Å². The van der Waals surface area contributed by atoms with E-state index in [0.717, 1.165) is 47.3 Å². The predicted molar refractivity (Wildman–Crippen MR) is 123 cm³/mol. The van der Waals surface area contributed by atoms with E-state index in [4.69, 9.17) is 9.40 Å². The highest BCUT2D eigenvalue weighted by Gasteiger charge is 2.34. The Kier molecular flexibility index (Phi) is 4.94. The van der Waals surface area contributed by atoms with Crippen LogP contribution in [0, 0.1) is 0 Å². The molecule has 0 radical (unpaired) electrons. The molecule has 31 heavy (non-hydrogen) atoms. The smallest absolute Gasteiger partial charge is 0.254 e. The minimum atomic E-state index is -0.122. The molecule has 0 spiro atoms. The number of carbonyl (C=O) groups excluding carboxylic acids is 1. The summed E-state index contributed by atoms with van der Waals surface area (Å²) in [5.74, 6) is 0.656. The first-order valence-corrected chi connectivity index (χ1v) is 10.6. The number of hydrogen-bond donors (Lipinski definition) is 0. The minimum Gasteiger partial charge on any atom is -0.438 e. The summed E-state index contributed by atoms with van der Waals surface area (Å²) in [5, 5.41) is 0. The van der Waals surface area contributed by atoms with Gasteiger partial charge in [-0.3, -0.25) is 4.79 Å². The van der Waals surface area contributed by atoms with Crippen LogP contribution in [0.2, 0.25) is 0 Å². The second-order valence-corrected chi connectivity index (χ2v) is 8.20. The number of benzene rings is 3. The highest BCUT2D eigenvalue weighted by atomic mass is 16.3. The maximum atomic E-state index is 13.0. The van der Waals surface area contributed by atoms with E-state index in [0.29, 0.717) is 11.5 Å². The van der Waals surface area contributed by atoms with Crippen LogP contribution >= 0.6 is 0 Å². The maximum absolute atomic E-state index is 13.0. The fourth-order valence-electron chi connectivity index (χ4n) is 4.23. The van der Waals surface area contributed by atoms with Gasteiger partial charge in [0.05, 0.1) is 0 Å². The van der Waals surface area contributed by atoms with Crippen LogP contribution < -0.4 is 4.90 Å². The third kappa shape index (κ3) is 3.67. The number of oxazole rings is 1. The van der Waals surface area contributed by atoms with E-state index >= 15 is 0 Å². The van der Waals surface area contributed by atoms with Crippen molar-refractivity contribution >= 4 is 22.7 Å². The Bertz CT molecular complexity index is 1210. The molecule has 0 bridgehead atoms. The molecule has 1 saturated heterocycles. The molecule has 3 aromatic carbocycles. The molecule has 5 nitrogen and oxygen atoms in total. The third-order valence-corrected chi connectivity index (χ3v) is 5.94. The van der Waals surface area contributed by atoms with E-state index in [1.807, 2.05) is 55.4 Å². The summed E-state index contributed by atoms with van der Waals surface area (Å²) >= 11 is 0. The van der Waals surface area contributed by atoms with E-state index in [2.05, 4.69) is 41.3 Å². The first-order chi connectivity index (χ1) is 15.1. The number of fused-ring (bicyclic) bond motifs is 1. The predicted octanol–water partition coefficient (Wildman–Crippen LogP) is 5.54. The molecule has 156 valence electrons. The number of aromatic nitrogens is 1. The van der Waals surface area contributed by atoms with Gasteiger partial charge in [-0.2, -0.15) is 0 Å². The Hall–Kier alpha value is -3.60. The lowest BCUT2D eigenvalue weighted by Crippen LogP contribution is -2.30. The van der Waals surface area contributed by atoms with Gasteiger partial charge in [0.1, 0.15) is 11.6 Å². The lowest BCUT2D eigenvalue weighted by atomic mass is 10.0. The number of hydrogen-bond acceptors (Lipinski definition) is 4. The van der Waals surface area contributed by atoms with E-state index in [9.17, 15) is 4.79 Å². The van der Waals surface area contributed by atoms with Gasteiger partial charge in [-0.25, -0.2) is 4.98 Å². The summed E-state index contributed by atoms with van der Waals surface area (Å²) in [6, 6.07) is 23.9. The van der Waals surface area contributed by atoms with Gasteiger partial charge in [-0.15, -0.1) is 0 Å². The minimum absolute atomic E-state index is 0.0343. The van der Waals surface area contributed by atoms with Gasteiger partial charge in [-0.05, 0) is 60.4 Å². The lowest BCUT2D eigenvalue weighted by Gasteiger charge is -2.22. The maximum Gasteiger partial charge on any atom is 0.254 e. The van der Waals surface area contributed by atoms with Crippen LogP contribution in [0.25, 0.3) is 22.2 Å². The molecule has 1 fully saturated rings. The first-order valence-electron chi connectivity index (χ1n) is 10.6. The van der Waals surface area contributed by atoms with Crippen LogP contribution in [0.15, 0.2) is 77.2 Å². The van der Waals surface area contributed by atoms with Gasteiger partial charge in [-0.1, -0.05) is 36.4 Å². The van der Waals surface area contributed by atoms with Crippen molar-refractivity contribution in [2.45, 2.75) is 18.9 Å². The highest BCUT2D eigenvalue weighted by molar-refractivity contribution is 5.94. The van der Waals surface area contributed by atoms with Crippen molar-refractivity contribution in [2.75, 3.05) is 25.5 Å². The normalized spacial score (nSPS) is 16.1. The van der Waals surface area contributed by atoms with E-state index < -0.39 is 0 Å². The van der Waals surface area contributed by atoms with E-state index in [1.54, 1.807) is 0 Å². The molecule has 0 saturated carbocycles. The fraction of sp³-hybridized carbons (Fsp3) is 0.231. The number of amides is 1. The fourth-order valence-corrected chi connectivity index (χ4v) is 4.23. The van der Waals surface area contributed by atoms with Crippen LogP contribution in [0.1, 0.15) is 35.1 Å². The van der Waals surface area contributed by atoms with Crippen LogP contribution in [0.4, 0.5) is 5.69 Å². The zero-order chi connectivity index (χ0) is 21.4. The molecule has 1 aromatic heterocycles. The number of likely N-dealkylation sites (tertiary alicyclic amines) is 1. The molecule has 5 heteroatoms. The number of nitrogens with zero attached hydrogens (tertiary/aromatic N) is 3. The Morgan fingerprint density at radius 2 is 1.74 bits per heavy atom. The van der Waals surface area contributed by atoms with Crippen LogP contribution in [0.3, 0.4) is 0 Å². The molecule has 0 unspecified atom stereocenters. The van der Waals surface area contributed by atoms with Crippen molar-refractivity contribution < 1.29 is 9.21 Å². The molecule has 2 heterocycles. The topological polar surface area (TPSA) is 49.6 Å². The monoisotopic (exact) mass is 411 g/mol. The number of carbonyl (C=O) groups is 1. The molecule has 1 aliphatic rings. The Labute approximate surface area is 181 Å². The first kappa shape index (κ1) is 19.4. The summed E-state index contributed by atoms with van der Waals surface area (Å²) in [5.41, 5.74) is 5.68. The molecule has 5 rings (SSSR count). The number of anilines is 1. The van der Waals surface area contributed by atoms with Gasteiger partial charge in [0.2, 0.25) is 5.89 Å². The van der Waals surface area contributed by atoms with Gasteiger partial charge < -0.3 is 14.2 Å². The molecule has 0 N–H and O–H groups in total. The van der Waals surface area contributed by atoms with Gasteiger partial charge in [0.25, 0.3) is 5.91 Å². The summed E-state index contributed by atoms with van der Waals surface area (Å²) < 4.78 is 6.10. The summed E-state index contributed by atoms with van der Waals surface area (Å²) in [6.45, 7) is 0.723. The van der Waals surface area contributed by atoms with Gasteiger partial charge in [0, 0.05) is 31.9 Å². The number of rotatable bonds is 4. The summed E-state index contributed by atoms with van der Waals surface area (Å²) in [7, 11) is 4.07. The third-order valence-electron chi connectivity index (χ3n) is 5.94. The lowest BCUT2D eigenvalue weighted by molar-refractivity contribution is 0.0717. The Balaban J connectivity index is 1.44. The molecule has 1 atom stereocenters. The molecular formula is C26H25N3O2.